The molecule has 0 spiro atoms. The number of fused-ring (bicyclic) bond motifs is 1. The molecule has 4 nitrogen and oxygen atoms in total. The molecular formula is C23H25F4N3O. The summed E-state index contributed by atoms with van der Waals surface area (Å²) >= 11 is 0. The van der Waals surface area contributed by atoms with Gasteiger partial charge in [-0.25, -0.2) is 4.39 Å². The lowest BCUT2D eigenvalue weighted by Gasteiger charge is -2.19. The van der Waals surface area contributed by atoms with Gasteiger partial charge in [-0.3, -0.25) is 4.79 Å². The number of halogens is 4. The number of para-hydroxylation sites is 1. The first kappa shape index (κ1) is 22.8. The van der Waals surface area contributed by atoms with Crippen molar-refractivity contribution in [1.82, 2.24) is 10.3 Å². The van der Waals surface area contributed by atoms with E-state index in [0.29, 0.717) is 30.4 Å². The van der Waals surface area contributed by atoms with Crippen molar-refractivity contribution in [3.8, 4) is 0 Å². The standard InChI is InChI=1S/C23H25F4N3O/c1-2-5-15(12-28-14-16-8-9-17(10-19(16)24)23(25,26)27)13-29-22-11-21(31)18-6-3-4-7-20(18)30-22/h3-4,6-11,15,28H,2,5,12-14H2,1H3,(H2,29,30,31). The van der Waals surface area contributed by atoms with E-state index in [1.54, 1.807) is 6.07 Å². The highest BCUT2D eigenvalue weighted by molar-refractivity contribution is 5.79. The van der Waals surface area contributed by atoms with E-state index in [9.17, 15) is 22.4 Å². The van der Waals surface area contributed by atoms with Gasteiger partial charge in [-0.1, -0.05) is 31.5 Å². The van der Waals surface area contributed by atoms with E-state index in [0.717, 1.165) is 30.5 Å². The molecule has 0 aliphatic carbocycles. The van der Waals surface area contributed by atoms with E-state index >= 15 is 0 Å². The third-order valence-electron chi connectivity index (χ3n) is 5.14. The Morgan fingerprint density at radius 2 is 1.84 bits per heavy atom. The molecule has 1 heterocycles. The van der Waals surface area contributed by atoms with Crippen molar-refractivity contribution in [3.05, 3.63) is 75.7 Å². The van der Waals surface area contributed by atoms with Crippen LogP contribution in [0, 0.1) is 11.7 Å². The zero-order valence-electron chi connectivity index (χ0n) is 17.2. The van der Waals surface area contributed by atoms with Gasteiger partial charge in [0.25, 0.3) is 0 Å². The second-order valence-electron chi connectivity index (χ2n) is 7.56. The van der Waals surface area contributed by atoms with Crippen LogP contribution in [0.15, 0.2) is 53.3 Å². The molecule has 0 bridgehead atoms. The van der Waals surface area contributed by atoms with Gasteiger partial charge in [0.15, 0.2) is 5.43 Å². The number of pyridine rings is 1. The molecule has 1 unspecified atom stereocenters. The molecule has 0 fully saturated rings. The predicted octanol–water partition coefficient (Wildman–Crippen LogP) is 5.30. The van der Waals surface area contributed by atoms with Crippen LogP contribution in [0.2, 0.25) is 0 Å². The molecule has 0 radical (unpaired) electrons. The first-order chi connectivity index (χ1) is 14.8. The van der Waals surface area contributed by atoms with Crippen molar-refractivity contribution in [3.63, 3.8) is 0 Å². The van der Waals surface area contributed by atoms with Crippen LogP contribution in [0.4, 0.5) is 23.4 Å². The SMILES string of the molecule is CCCC(CNCc1ccc(C(F)(F)F)cc1F)CNc1cc(=O)c2ccccc2[nH]1. The lowest BCUT2D eigenvalue weighted by atomic mass is 10.0. The van der Waals surface area contributed by atoms with E-state index in [2.05, 4.69) is 22.5 Å². The Hall–Kier alpha value is -2.87. The van der Waals surface area contributed by atoms with E-state index in [1.807, 2.05) is 18.2 Å². The van der Waals surface area contributed by atoms with Gasteiger partial charge in [-0.15, -0.1) is 0 Å². The van der Waals surface area contributed by atoms with Crippen LogP contribution >= 0.6 is 0 Å². The molecule has 0 aliphatic heterocycles. The highest BCUT2D eigenvalue weighted by atomic mass is 19.4. The molecule has 2 aromatic carbocycles. The van der Waals surface area contributed by atoms with Crippen molar-refractivity contribution in [2.24, 2.45) is 5.92 Å². The molecule has 0 amide bonds. The van der Waals surface area contributed by atoms with Gasteiger partial charge in [0.2, 0.25) is 0 Å². The number of H-pyrrole nitrogens is 1. The van der Waals surface area contributed by atoms with E-state index in [1.165, 1.54) is 6.07 Å². The summed E-state index contributed by atoms with van der Waals surface area (Å²) in [7, 11) is 0. The number of hydrogen-bond donors (Lipinski definition) is 3. The normalized spacial score (nSPS) is 12.8. The average molecular weight is 435 g/mol. The van der Waals surface area contributed by atoms with Crippen molar-refractivity contribution in [2.45, 2.75) is 32.5 Å². The summed E-state index contributed by atoms with van der Waals surface area (Å²) < 4.78 is 52.0. The summed E-state index contributed by atoms with van der Waals surface area (Å²) in [4.78, 5) is 15.4. The van der Waals surface area contributed by atoms with Gasteiger partial charge in [-0.05, 0) is 43.1 Å². The predicted molar refractivity (Wildman–Crippen MR) is 115 cm³/mol. The smallest absolute Gasteiger partial charge is 0.371 e. The number of benzene rings is 2. The Labute approximate surface area is 177 Å². The van der Waals surface area contributed by atoms with Crippen LogP contribution in [-0.2, 0) is 12.7 Å². The van der Waals surface area contributed by atoms with Crippen molar-refractivity contribution < 1.29 is 17.6 Å². The number of rotatable bonds is 9. The maximum atomic E-state index is 14.0. The first-order valence-corrected chi connectivity index (χ1v) is 10.2. The monoisotopic (exact) mass is 435 g/mol. The van der Waals surface area contributed by atoms with Gasteiger partial charge in [-0.2, -0.15) is 13.2 Å². The Morgan fingerprint density at radius 1 is 1.06 bits per heavy atom. The fourth-order valence-electron chi connectivity index (χ4n) is 3.51. The molecular weight excluding hydrogens is 410 g/mol. The Bertz CT molecular complexity index is 1080. The van der Waals surface area contributed by atoms with E-state index in [-0.39, 0.29) is 23.5 Å². The summed E-state index contributed by atoms with van der Waals surface area (Å²) in [5.74, 6) is -0.0581. The Balaban J connectivity index is 1.57. The number of hydrogen-bond acceptors (Lipinski definition) is 3. The minimum atomic E-state index is -4.56. The van der Waals surface area contributed by atoms with Crippen LogP contribution in [-0.4, -0.2) is 18.1 Å². The molecule has 0 aliphatic rings. The number of alkyl halides is 3. The topological polar surface area (TPSA) is 56.9 Å². The number of nitrogens with one attached hydrogen (secondary N) is 3. The van der Waals surface area contributed by atoms with Crippen LogP contribution in [0.5, 0.6) is 0 Å². The fraction of sp³-hybridized carbons (Fsp3) is 0.348. The highest BCUT2D eigenvalue weighted by Crippen LogP contribution is 2.30. The van der Waals surface area contributed by atoms with Gasteiger partial charge in [0.1, 0.15) is 11.6 Å². The zero-order chi connectivity index (χ0) is 22.4. The third kappa shape index (κ3) is 6.07. The van der Waals surface area contributed by atoms with Crippen LogP contribution in [0.3, 0.4) is 0 Å². The maximum Gasteiger partial charge on any atom is 0.416 e. The molecule has 3 rings (SSSR count). The molecule has 0 saturated heterocycles. The molecule has 3 aromatic rings. The summed E-state index contributed by atoms with van der Waals surface area (Å²) in [6.45, 7) is 3.33. The molecule has 31 heavy (non-hydrogen) atoms. The van der Waals surface area contributed by atoms with Gasteiger partial charge in [0, 0.05) is 30.1 Å². The van der Waals surface area contributed by atoms with Gasteiger partial charge < -0.3 is 15.6 Å². The zero-order valence-corrected chi connectivity index (χ0v) is 17.2. The quantitative estimate of drug-likeness (QED) is 0.400. The number of aromatic nitrogens is 1. The molecule has 8 heteroatoms. The maximum absolute atomic E-state index is 14.0. The summed E-state index contributed by atoms with van der Waals surface area (Å²) in [6.07, 6.45) is -2.72. The summed E-state index contributed by atoms with van der Waals surface area (Å²) in [5.41, 5.74) is -0.124. The van der Waals surface area contributed by atoms with Crippen molar-refractivity contribution in [1.29, 1.82) is 0 Å². The summed E-state index contributed by atoms with van der Waals surface area (Å²) in [5, 5.41) is 7.01. The second kappa shape index (κ2) is 9.96. The van der Waals surface area contributed by atoms with E-state index < -0.39 is 17.6 Å². The minimum Gasteiger partial charge on any atom is -0.371 e. The largest absolute Gasteiger partial charge is 0.416 e. The average Bonchev–Trinajstić information content (AvgIpc) is 2.72. The van der Waals surface area contributed by atoms with Gasteiger partial charge in [0.05, 0.1) is 11.1 Å². The van der Waals surface area contributed by atoms with Crippen LogP contribution in [0.1, 0.15) is 30.9 Å². The summed E-state index contributed by atoms with van der Waals surface area (Å²) in [6, 6.07) is 11.4. The molecule has 0 saturated carbocycles. The lowest BCUT2D eigenvalue weighted by Crippen LogP contribution is -2.28. The molecule has 1 atom stereocenters. The fourth-order valence-corrected chi connectivity index (χ4v) is 3.51. The lowest BCUT2D eigenvalue weighted by molar-refractivity contribution is -0.137. The molecule has 1 aromatic heterocycles. The minimum absolute atomic E-state index is 0.0696. The van der Waals surface area contributed by atoms with Crippen molar-refractivity contribution >= 4 is 16.7 Å². The number of aromatic amines is 1. The second-order valence-corrected chi connectivity index (χ2v) is 7.56. The van der Waals surface area contributed by atoms with Crippen molar-refractivity contribution in [2.75, 3.05) is 18.4 Å². The first-order valence-electron chi connectivity index (χ1n) is 10.2. The highest BCUT2D eigenvalue weighted by Gasteiger charge is 2.31. The molecule has 3 N–H and O–H groups in total. The number of anilines is 1. The van der Waals surface area contributed by atoms with Crippen LogP contribution < -0.4 is 16.1 Å². The Kier molecular flexibility index (Phi) is 7.33. The van der Waals surface area contributed by atoms with Gasteiger partial charge >= 0.3 is 6.18 Å². The third-order valence-corrected chi connectivity index (χ3v) is 5.14. The Morgan fingerprint density at radius 3 is 2.55 bits per heavy atom. The van der Waals surface area contributed by atoms with Crippen LogP contribution in [0.25, 0.3) is 10.9 Å². The molecule has 166 valence electrons. The van der Waals surface area contributed by atoms with E-state index in [4.69, 9.17) is 0 Å².